The van der Waals surface area contributed by atoms with Crippen LogP contribution < -0.4 is 10.6 Å². The Morgan fingerprint density at radius 3 is 2.54 bits per heavy atom. The van der Waals surface area contributed by atoms with Crippen molar-refractivity contribution in [3.63, 3.8) is 0 Å². The first-order valence-electron chi connectivity index (χ1n) is 8.29. The van der Waals surface area contributed by atoms with Crippen LogP contribution in [-0.4, -0.2) is 19.9 Å². The highest BCUT2D eigenvalue weighted by molar-refractivity contribution is 7.98. The summed E-state index contributed by atoms with van der Waals surface area (Å²) in [6.45, 7) is 8.83. The number of nitrogens with zero attached hydrogens (tertiary/aromatic N) is 4. The van der Waals surface area contributed by atoms with Crippen LogP contribution in [0, 0.1) is 6.92 Å². The molecule has 2 N–H and O–H groups in total. The molecule has 1 aromatic carbocycles. The minimum atomic E-state index is 0.123. The number of thioether (sulfide) groups is 1. The smallest absolute Gasteiger partial charge is 0.210 e. The van der Waals surface area contributed by atoms with E-state index in [0.29, 0.717) is 11.0 Å². The van der Waals surface area contributed by atoms with Crippen molar-refractivity contribution < 1.29 is 4.74 Å². The summed E-state index contributed by atoms with van der Waals surface area (Å²) in [5, 5.41) is 12.0. The Bertz CT molecular complexity index is 865. The van der Waals surface area contributed by atoms with E-state index in [0.717, 1.165) is 22.2 Å². The van der Waals surface area contributed by atoms with Gasteiger partial charge in [-0.15, -0.1) is 21.5 Å². The number of nitrogens with two attached hydrogens (primary N) is 1. The maximum atomic E-state index is 6.09. The van der Waals surface area contributed by atoms with Crippen LogP contribution in [0.5, 0.6) is 5.75 Å². The van der Waals surface area contributed by atoms with Gasteiger partial charge in [0, 0.05) is 11.1 Å². The van der Waals surface area contributed by atoms with Gasteiger partial charge in [-0.25, -0.2) is 9.66 Å². The fraction of sp³-hybridized carbons (Fsp3) is 0.389. The third-order valence-electron chi connectivity index (χ3n) is 3.84. The molecular formula is C18H23N5OS2. The van der Waals surface area contributed by atoms with Crippen molar-refractivity contribution in [3.05, 3.63) is 51.7 Å². The number of nitrogen functional groups attached to an aromatic ring is 1. The fourth-order valence-electron chi connectivity index (χ4n) is 2.32. The van der Waals surface area contributed by atoms with Crippen LogP contribution in [0.3, 0.4) is 0 Å². The van der Waals surface area contributed by atoms with E-state index in [2.05, 4.69) is 48.1 Å². The second-order valence-corrected chi connectivity index (χ2v) is 8.98. The van der Waals surface area contributed by atoms with Gasteiger partial charge >= 0.3 is 0 Å². The topological polar surface area (TPSA) is 78.9 Å². The van der Waals surface area contributed by atoms with E-state index in [1.807, 2.05) is 24.4 Å². The lowest BCUT2D eigenvalue weighted by molar-refractivity contribution is 0.291. The summed E-state index contributed by atoms with van der Waals surface area (Å²) in [6, 6.07) is 8.11. The van der Waals surface area contributed by atoms with Crippen LogP contribution >= 0.6 is 23.1 Å². The van der Waals surface area contributed by atoms with E-state index in [9.17, 15) is 0 Å². The zero-order valence-electron chi connectivity index (χ0n) is 15.4. The highest BCUT2D eigenvalue weighted by atomic mass is 32.2. The Kier molecular flexibility index (Phi) is 5.52. The van der Waals surface area contributed by atoms with Gasteiger partial charge in [0.25, 0.3) is 0 Å². The summed E-state index contributed by atoms with van der Waals surface area (Å²) in [6.07, 6.45) is 0. The maximum absolute atomic E-state index is 6.09. The summed E-state index contributed by atoms with van der Waals surface area (Å²) in [5.41, 5.74) is 2.41. The van der Waals surface area contributed by atoms with Crippen molar-refractivity contribution in [2.24, 2.45) is 0 Å². The average Bonchev–Trinajstić information content (AvgIpc) is 3.16. The number of hydrogen-bond acceptors (Lipinski definition) is 7. The summed E-state index contributed by atoms with van der Waals surface area (Å²) < 4.78 is 7.28. The lowest BCUT2D eigenvalue weighted by Gasteiger charge is -2.19. The molecule has 0 atom stereocenters. The number of thiazole rings is 1. The van der Waals surface area contributed by atoms with E-state index in [1.165, 1.54) is 22.0 Å². The van der Waals surface area contributed by atoms with E-state index in [1.54, 1.807) is 11.3 Å². The monoisotopic (exact) mass is 389 g/mol. The predicted molar refractivity (Wildman–Crippen MR) is 106 cm³/mol. The van der Waals surface area contributed by atoms with Gasteiger partial charge < -0.3 is 10.6 Å². The quantitative estimate of drug-likeness (QED) is 0.508. The van der Waals surface area contributed by atoms with E-state index < -0.39 is 0 Å². The van der Waals surface area contributed by atoms with Gasteiger partial charge in [0.2, 0.25) is 5.16 Å². The molecule has 3 aromatic rings. The number of hydrogen-bond donors (Lipinski definition) is 1. The summed E-state index contributed by atoms with van der Waals surface area (Å²) in [7, 11) is 0. The molecule has 0 radical (unpaired) electrons. The molecule has 0 aliphatic rings. The molecule has 0 spiro atoms. The van der Waals surface area contributed by atoms with Crippen LogP contribution in [0.15, 0.2) is 34.8 Å². The Hall–Kier alpha value is -2.06. The molecule has 0 unspecified atom stereocenters. The van der Waals surface area contributed by atoms with E-state index in [4.69, 9.17) is 10.6 Å². The first kappa shape index (κ1) is 18.7. The van der Waals surface area contributed by atoms with Gasteiger partial charge in [-0.2, -0.15) is 0 Å². The van der Waals surface area contributed by atoms with E-state index >= 15 is 0 Å². The molecule has 138 valence electrons. The molecule has 0 fully saturated rings. The van der Waals surface area contributed by atoms with Crippen LogP contribution in [0.25, 0.3) is 0 Å². The van der Waals surface area contributed by atoms with Gasteiger partial charge in [0.05, 0.1) is 10.7 Å². The Morgan fingerprint density at radius 1 is 1.19 bits per heavy atom. The third-order valence-corrected chi connectivity index (χ3v) is 5.64. The molecule has 2 aromatic heterocycles. The second-order valence-electron chi connectivity index (χ2n) is 6.98. The first-order chi connectivity index (χ1) is 12.3. The Morgan fingerprint density at radius 2 is 1.92 bits per heavy atom. The summed E-state index contributed by atoms with van der Waals surface area (Å²) in [5.74, 6) is 8.18. The lowest BCUT2D eigenvalue weighted by atomic mass is 9.87. The third kappa shape index (κ3) is 4.56. The molecule has 0 saturated heterocycles. The zero-order chi connectivity index (χ0) is 18.7. The number of benzene rings is 1. The van der Waals surface area contributed by atoms with Gasteiger partial charge in [0.1, 0.15) is 12.4 Å². The van der Waals surface area contributed by atoms with Gasteiger partial charge in [-0.3, -0.25) is 0 Å². The van der Waals surface area contributed by atoms with Gasteiger partial charge in [-0.05, 0) is 30.0 Å². The molecule has 8 heteroatoms. The molecule has 0 bridgehead atoms. The van der Waals surface area contributed by atoms with Crippen LogP contribution in [0.1, 0.15) is 42.9 Å². The van der Waals surface area contributed by atoms with E-state index in [-0.39, 0.29) is 12.0 Å². The molecule has 0 aliphatic carbocycles. The number of ether oxygens (including phenoxy) is 1. The highest BCUT2D eigenvalue weighted by Crippen LogP contribution is 2.25. The molecule has 0 amide bonds. The van der Waals surface area contributed by atoms with Crippen LogP contribution in [-0.2, 0) is 17.8 Å². The predicted octanol–water partition coefficient (Wildman–Crippen LogP) is 3.93. The van der Waals surface area contributed by atoms with Crippen molar-refractivity contribution in [2.45, 2.75) is 50.6 Å². The van der Waals surface area contributed by atoms with Gasteiger partial charge in [0.15, 0.2) is 5.82 Å². The standard InChI is InChI=1S/C18H23N5OS2/c1-12-20-14(10-25-12)11-26-17-22-21-16(23(17)19)9-24-15-7-5-13(6-8-15)18(2,3)4/h5-8,10H,9,11,19H2,1-4H3. The number of rotatable bonds is 6. The largest absolute Gasteiger partial charge is 0.486 e. The minimum absolute atomic E-state index is 0.123. The summed E-state index contributed by atoms with van der Waals surface area (Å²) in [4.78, 5) is 4.44. The fourth-order valence-corrected chi connectivity index (χ4v) is 3.80. The lowest BCUT2D eigenvalue weighted by Crippen LogP contribution is -2.16. The van der Waals surface area contributed by atoms with Crippen molar-refractivity contribution in [2.75, 3.05) is 5.84 Å². The maximum Gasteiger partial charge on any atom is 0.210 e. The number of aromatic nitrogens is 4. The SMILES string of the molecule is Cc1nc(CSc2nnc(COc3ccc(C(C)(C)C)cc3)n2N)cs1. The Labute approximate surface area is 161 Å². The molecule has 3 rings (SSSR count). The average molecular weight is 390 g/mol. The summed E-state index contributed by atoms with van der Waals surface area (Å²) >= 11 is 3.15. The van der Waals surface area contributed by atoms with Crippen molar-refractivity contribution in [3.8, 4) is 5.75 Å². The number of aryl methyl sites for hydroxylation is 1. The van der Waals surface area contributed by atoms with Crippen LogP contribution in [0.2, 0.25) is 0 Å². The molecule has 26 heavy (non-hydrogen) atoms. The molecule has 0 saturated carbocycles. The van der Waals surface area contributed by atoms with Crippen molar-refractivity contribution >= 4 is 23.1 Å². The highest BCUT2D eigenvalue weighted by Gasteiger charge is 2.14. The normalized spacial score (nSPS) is 11.7. The minimum Gasteiger partial charge on any atom is -0.486 e. The van der Waals surface area contributed by atoms with Crippen LogP contribution in [0.4, 0.5) is 0 Å². The molecular weight excluding hydrogens is 366 g/mol. The zero-order valence-corrected chi connectivity index (χ0v) is 17.0. The Balaban J connectivity index is 1.58. The molecule has 2 heterocycles. The first-order valence-corrected chi connectivity index (χ1v) is 10.2. The van der Waals surface area contributed by atoms with Crippen molar-refractivity contribution in [1.82, 2.24) is 19.9 Å². The van der Waals surface area contributed by atoms with Gasteiger partial charge in [-0.1, -0.05) is 44.7 Å². The second kappa shape index (κ2) is 7.67. The molecule has 6 nitrogen and oxygen atoms in total. The molecule has 0 aliphatic heterocycles. The van der Waals surface area contributed by atoms with Crippen molar-refractivity contribution in [1.29, 1.82) is 0 Å².